The van der Waals surface area contributed by atoms with Gasteiger partial charge in [0.2, 0.25) is 0 Å². The number of methoxy groups -OCH3 is 1. The van der Waals surface area contributed by atoms with Crippen molar-refractivity contribution in [3.05, 3.63) is 40.4 Å². The molecule has 140 valence electrons. The number of aliphatic hydroxyl groups is 1. The van der Waals surface area contributed by atoms with Crippen molar-refractivity contribution in [2.75, 3.05) is 25.6 Å². The fourth-order valence-electron chi connectivity index (χ4n) is 3.17. The van der Waals surface area contributed by atoms with Crippen molar-refractivity contribution in [3.8, 4) is 5.75 Å². The molecule has 2 aromatic rings. The van der Waals surface area contributed by atoms with Crippen molar-refractivity contribution >= 4 is 22.5 Å². The first-order valence-corrected chi connectivity index (χ1v) is 9.80. The Hall–Kier alpha value is -2.12. The van der Waals surface area contributed by atoms with E-state index in [1.165, 1.54) is 17.7 Å². The Morgan fingerprint density at radius 3 is 2.92 bits per heavy atom. The van der Waals surface area contributed by atoms with Crippen molar-refractivity contribution in [1.82, 2.24) is 9.88 Å². The maximum absolute atomic E-state index is 12.7. The number of carbonyl (C=O) groups excluding carboxylic acids is 1. The van der Waals surface area contributed by atoms with Gasteiger partial charge >= 0.3 is 6.03 Å². The minimum atomic E-state index is -0.256. The summed E-state index contributed by atoms with van der Waals surface area (Å²) in [5.74, 6) is 0.726. The van der Waals surface area contributed by atoms with E-state index in [1.807, 2.05) is 24.3 Å². The van der Waals surface area contributed by atoms with Gasteiger partial charge < -0.3 is 14.7 Å². The van der Waals surface area contributed by atoms with Gasteiger partial charge in [0.05, 0.1) is 26.0 Å². The van der Waals surface area contributed by atoms with Gasteiger partial charge in [0.15, 0.2) is 5.13 Å². The van der Waals surface area contributed by atoms with E-state index in [0.29, 0.717) is 11.7 Å². The second-order valence-corrected chi connectivity index (χ2v) is 7.42. The van der Waals surface area contributed by atoms with Gasteiger partial charge in [-0.25, -0.2) is 9.78 Å². The molecule has 1 aliphatic rings. The number of nitrogens with zero attached hydrogens (tertiary/aromatic N) is 2. The first kappa shape index (κ1) is 18.7. The van der Waals surface area contributed by atoms with Gasteiger partial charge in [0.1, 0.15) is 5.75 Å². The number of urea groups is 1. The number of benzene rings is 1. The van der Waals surface area contributed by atoms with Gasteiger partial charge in [-0.3, -0.25) is 5.32 Å². The van der Waals surface area contributed by atoms with Crippen LogP contribution in [0.25, 0.3) is 0 Å². The third-order valence-electron chi connectivity index (χ3n) is 4.52. The lowest BCUT2D eigenvalue weighted by atomic mass is 10.2. The van der Waals surface area contributed by atoms with Crippen LogP contribution < -0.4 is 10.1 Å². The maximum Gasteiger partial charge on any atom is 0.324 e. The molecule has 0 atom stereocenters. The van der Waals surface area contributed by atoms with Crippen molar-refractivity contribution in [2.24, 2.45) is 0 Å². The van der Waals surface area contributed by atoms with Crippen molar-refractivity contribution in [2.45, 2.75) is 38.6 Å². The molecule has 0 spiro atoms. The van der Waals surface area contributed by atoms with Gasteiger partial charge in [-0.15, -0.1) is 11.3 Å². The molecular formula is C19H25N3O3S. The summed E-state index contributed by atoms with van der Waals surface area (Å²) in [7, 11) is 1.61. The summed E-state index contributed by atoms with van der Waals surface area (Å²) >= 11 is 1.57. The molecule has 0 bridgehead atoms. The van der Waals surface area contributed by atoms with E-state index in [4.69, 9.17) is 4.74 Å². The highest BCUT2D eigenvalue weighted by atomic mass is 32.1. The summed E-state index contributed by atoms with van der Waals surface area (Å²) in [6.45, 7) is 0.507. The zero-order chi connectivity index (χ0) is 18.4. The van der Waals surface area contributed by atoms with Gasteiger partial charge in [-0.1, -0.05) is 24.6 Å². The van der Waals surface area contributed by atoms with E-state index in [0.717, 1.165) is 36.3 Å². The zero-order valence-corrected chi connectivity index (χ0v) is 15.8. The van der Waals surface area contributed by atoms with Gasteiger partial charge in [0.25, 0.3) is 0 Å². The van der Waals surface area contributed by atoms with E-state index in [-0.39, 0.29) is 19.2 Å². The second kappa shape index (κ2) is 9.00. The van der Waals surface area contributed by atoms with Crippen LogP contribution in [0.3, 0.4) is 0 Å². The Balaban J connectivity index is 1.70. The lowest BCUT2D eigenvalue weighted by molar-refractivity contribution is 0.184. The van der Waals surface area contributed by atoms with E-state index >= 15 is 0 Å². The van der Waals surface area contributed by atoms with Crippen LogP contribution in [0, 0.1) is 0 Å². The third kappa shape index (κ3) is 4.53. The number of hydrogen-bond donors (Lipinski definition) is 2. The van der Waals surface area contributed by atoms with Crippen LogP contribution >= 0.6 is 11.3 Å². The quantitative estimate of drug-likeness (QED) is 0.759. The highest BCUT2D eigenvalue weighted by Gasteiger charge is 2.19. The number of aliphatic hydroxyl groups excluding tert-OH is 1. The normalized spacial score (nSPS) is 13.6. The molecule has 0 radical (unpaired) electrons. The molecule has 7 heteroatoms. The highest BCUT2D eigenvalue weighted by molar-refractivity contribution is 7.15. The average Bonchev–Trinajstić information content (AvgIpc) is 2.89. The number of rotatable bonds is 6. The van der Waals surface area contributed by atoms with Crippen molar-refractivity contribution in [1.29, 1.82) is 0 Å². The summed E-state index contributed by atoms with van der Waals surface area (Å²) in [5.41, 5.74) is 2.02. The average molecular weight is 375 g/mol. The largest absolute Gasteiger partial charge is 0.496 e. The molecule has 2 amide bonds. The first-order chi connectivity index (χ1) is 12.7. The van der Waals surface area contributed by atoms with Crippen LogP contribution in [0.15, 0.2) is 24.3 Å². The summed E-state index contributed by atoms with van der Waals surface area (Å²) in [6.07, 6.45) is 5.63. The fourth-order valence-corrected chi connectivity index (χ4v) is 4.20. The van der Waals surface area contributed by atoms with Crippen LogP contribution in [0.5, 0.6) is 5.75 Å². The molecule has 1 heterocycles. The topological polar surface area (TPSA) is 74.7 Å². The third-order valence-corrected chi connectivity index (χ3v) is 5.59. The molecule has 2 N–H and O–H groups in total. The number of para-hydroxylation sites is 1. The number of thiazole rings is 1. The molecular weight excluding hydrogens is 350 g/mol. The van der Waals surface area contributed by atoms with Crippen LogP contribution in [0.2, 0.25) is 0 Å². The number of fused-ring (bicyclic) bond motifs is 1. The molecule has 26 heavy (non-hydrogen) atoms. The number of anilines is 1. The Bertz CT molecular complexity index is 724. The number of amides is 2. The van der Waals surface area contributed by atoms with E-state index in [1.54, 1.807) is 23.3 Å². The van der Waals surface area contributed by atoms with Gasteiger partial charge in [-0.05, 0) is 31.7 Å². The van der Waals surface area contributed by atoms with Crippen LogP contribution in [0.4, 0.5) is 9.93 Å². The van der Waals surface area contributed by atoms with E-state index in [9.17, 15) is 9.90 Å². The van der Waals surface area contributed by atoms with Gasteiger partial charge in [0, 0.05) is 17.0 Å². The minimum absolute atomic E-state index is 0.100. The molecule has 1 aromatic carbocycles. The van der Waals surface area contributed by atoms with E-state index in [2.05, 4.69) is 10.3 Å². The zero-order valence-electron chi connectivity index (χ0n) is 15.0. The molecule has 6 nitrogen and oxygen atoms in total. The molecule has 0 unspecified atom stereocenters. The van der Waals surface area contributed by atoms with Crippen LogP contribution in [-0.2, 0) is 19.4 Å². The number of ether oxygens (including phenoxy) is 1. The predicted molar refractivity (Wildman–Crippen MR) is 103 cm³/mol. The maximum atomic E-state index is 12.7. The van der Waals surface area contributed by atoms with Crippen molar-refractivity contribution in [3.63, 3.8) is 0 Å². The standard InChI is InChI=1S/C19H25N3O3S/c1-25-16-9-6-5-7-14(16)13-22(11-12-23)19(24)21-18-20-15-8-3-2-4-10-17(15)26-18/h5-7,9,23H,2-4,8,10-13H2,1H3,(H,20,21,24). The molecule has 0 saturated heterocycles. The molecule has 0 aliphatic heterocycles. The lowest BCUT2D eigenvalue weighted by Crippen LogP contribution is -2.36. The summed E-state index contributed by atoms with van der Waals surface area (Å²) in [6, 6.07) is 7.32. The minimum Gasteiger partial charge on any atom is -0.496 e. The number of aryl methyl sites for hydroxylation is 2. The monoisotopic (exact) mass is 375 g/mol. The van der Waals surface area contributed by atoms with Gasteiger partial charge in [-0.2, -0.15) is 0 Å². The van der Waals surface area contributed by atoms with Crippen molar-refractivity contribution < 1.29 is 14.6 Å². The SMILES string of the molecule is COc1ccccc1CN(CCO)C(=O)Nc1nc2c(s1)CCCCC2. The summed E-state index contributed by atoms with van der Waals surface area (Å²) in [4.78, 5) is 20.2. The predicted octanol–water partition coefficient (Wildman–Crippen LogP) is 3.45. The fraction of sp³-hybridized carbons (Fsp3) is 0.474. The number of carbonyl (C=O) groups is 1. The molecule has 0 saturated carbocycles. The Labute approximate surface area is 157 Å². The molecule has 0 fully saturated rings. The van der Waals surface area contributed by atoms with Crippen LogP contribution in [0.1, 0.15) is 35.4 Å². The Morgan fingerprint density at radius 1 is 1.31 bits per heavy atom. The molecule has 3 rings (SSSR count). The number of aromatic nitrogens is 1. The Morgan fingerprint density at radius 2 is 2.12 bits per heavy atom. The Kier molecular flexibility index (Phi) is 6.46. The van der Waals surface area contributed by atoms with E-state index < -0.39 is 0 Å². The lowest BCUT2D eigenvalue weighted by Gasteiger charge is -2.22. The second-order valence-electron chi connectivity index (χ2n) is 6.34. The number of nitrogens with one attached hydrogen (secondary N) is 1. The number of hydrogen-bond acceptors (Lipinski definition) is 5. The first-order valence-electron chi connectivity index (χ1n) is 8.98. The molecule has 1 aromatic heterocycles. The smallest absolute Gasteiger partial charge is 0.324 e. The molecule has 1 aliphatic carbocycles. The van der Waals surface area contributed by atoms with Crippen LogP contribution in [-0.4, -0.2) is 41.3 Å². The summed E-state index contributed by atoms with van der Waals surface area (Å²) in [5, 5.41) is 12.9. The summed E-state index contributed by atoms with van der Waals surface area (Å²) < 4.78 is 5.36. The highest BCUT2D eigenvalue weighted by Crippen LogP contribution is 2.29.